The van der Waals surface area contributed by atoms with Crippen LogP contribution in [0.3, 0.4) is 0 Å². The van der Waals surface area contributed by atoms with E-state index in [1.807, 2.05) is 0 Å². The summed E-state index contributed by atoms with van der Waals surface area (Å²) in [6, 6.07) is 1.69. The van der Waals surface area contributed by atoms with E-state index in [2.05, 4.69) is 0 Å². The number of rotatable bonds is 3. The van der Waals surface area contributed by atoms with Crippen molar-refractivity contribution >= 4 is 17.6 Å². The quantitative estimate of drug-likeness (QED) is 0.902. The summed E-state index contributed by atoms with van der Waals surface area (Å²) in [5.74, 6) is -1.20. The third-order valence-electron chi connectivity index (χ3n) is 2.51. The summed E-state index contributed by atoms with van der Waals surface area (Å²) in [7, 11) is 0. The van der Waals surface area contributed by atoms with E-state index >= 15 is 0 Å². The molecule has 0 saturated heterocycles. The molecule has 0 bridgehead atoms. The molecular formula is C12H14ClNO3. The van der Waals surface area contributed by atoms with Gasteiger partial charge < -0.3 is 9.67 Å². The third-order valence-corrected chi connectivity index (χ3v) is 2.88. The molecular weight excluding hydrogens is 242 g/mol. The SMILES string of the molecule is CC(=CCl)Cn1c(C)cc(C)c(C(=O)O)c1=O. The molecule has 0 aliphatic carbocycles. The summed E-state index contributed by atoms with van der Waals surface area (Å²) in [4.78, 5) is 23.0. The number of carbonyl (C=O) groups is 1. The van der Waals surface area contributed by atoms with E-state index in [1.165, 1.54) is 10.1 Å². The Morgan fingerprint density at radius 2 is 2.12 bits per heavy atom. The van der Waals surface area contributed by atoms with Gasteiger partial charge in [-0.3, -0.25) is 4.79 Å². The Morgan fingerprint density at radius 1 is 1.53 bits per heavy atom. The minimum atomic E-state index is -1.20. The van der Waals surface area contributed by atoms with E-state index in [0.29, 0.717) is 12.1 Å². The highest BCUT2D eigenvalue weighted by Gasteiger charge is 2.16. The molecule has 0 amide bonds. The lowest BCUT2D eigenvalue weighted by Crippen LogP contribution is -2.29. The maximum absolute atomic E-state index is 12.0. The van der Waals surface area contributed by atoms with Gasteiger partial charge in [-0.15, -0.1) is 0 Å². The van der Waals surface area contributed by atoms with Crippen molar-refractivity contribution in [3.8, 4) is 0 Å². The first-order valence-corrected chi connectivity index (χ1v) is 5.52. The number of halogens is 1. The second-order valence-corrected chi connectivity index (χ2v) is 4.21. The van der Waals surface area contributed by atoms with Crippen molar-refractivity contribution in [2.75, 3.05) is 0 Å². The topological polar surface area (TPSA) is 59.3 Å². The molecule has 1 aromatic rings. The highest BCUT2D eigenvalue weighted by molar-refractivity contribution is 6.25. The van der Waals surface area contributed by atoms with Gasteiger partial charge in [-0.1, -0.05) is 11.6 Å². The van der Waals surface area contributed by atoms with Gasteiger partial charge in [-0.05, 0) is 38.0 Å². The molecule has 0 radical (unpaired) electrons. The molecule has 1 N–H and O–H groups in total. The van der Waals surface area contributed by atoms with Gasteiger partial charge in [0, 0.05) is 17.8 Å². The lowest BCUT2D eigenvalue weighted by molar-refractivity contribution is 0.0693. The largest absolute Gasteiger partial charge is 0.477 e. The molecule has 0 atom stereocenters. The van der Waals surface area contributed by atoms with Crippen LogP contribution in [0.1, 0.15) is 28.5 Å². The lowest BCUT2D eigenvalue weighted by atomic mass is 10.1. The fourth-order valence-electron chi connectivity index (χ4n) is 1.67. The van der Waals surface area contributed by atoms with Crippen LogP contribution in [-0.4, -0.2) is 15.6 Å². The number of pyridine rings is 1. The van der Waals surface area contributed by atoms with E-state index in [0.717, 1.165) is 11.3 Å². The van der Waals surface area contributed by atoms with Crippen molar-refractivity contribution in [2.24, 2.45) is 0 Å². The van der Waals surface area contributed by atoms with Gasteiger partial charge in [0.1, 0.15) is 5.56 Å². The van der Waals surface area contributed by atoms with Crippen LogP contribution < -0.4 is 5.56 Å². The van der Waals surface area contributed by atoms with Gasteiger partial charge in [0.25, 0.3) is 5.56 Å². The number of nitrogens with zero attached hydrogens (tertiary/aromatic N) is 1. The Hall–Kier alpha value is -1.55. The first-order valence-electron chi connectivity index (χ1n) is 5.08. The molecule has 1 rings (SSSR count). The fraction of sp³-hybridized carbons (Fsp3) is 0.333. The molecule has 5 heteroatoms. The first-order chi connectivity index (χ1) is 7.88. The van der Waals surface area contributed by atoms with Crippen molar-refractivity contribution in [3.05, 3.63) is 44.3 Å². The van der Waals surface area contributed by atoms with Crippen molar-refractivity contribution in [3.63, 3.8) is 0 Å². The third kappa shape index (κ3) is 2.77. The van der Waals surface area contributed by atoms with Gasteiger partial charge in [0.15, 0.2) is 0 Å². The number of aromatic nitrogens is 1. The summed E-state index contributed by atoms with van der Waals surface area (Å²) in [6.45, 7) is 5.46. The second-order valence-electron chi connectivity index (χ2n) is 4.00. The predicted octanol–water partition coefficient (Wildman–Crippen LogP) is 2.31. The van der Waals surface area contributed by atoms with Gasteiger partial charge in [-0.2, -0.15) is 0 Å². The van der Waals surface area contributed by atoms with Crippen molar-refractivity contribution < 1.29 is 9.90 Å². The number of aromatic carboxylic acids is 1. The highest BCUT2D eigenvalue weighted by atomic mass is 35.5. The smallest absolute Gasteiger partial charge is 0.341 e. The molecule has 0 fully saturated rings. The number of allylic oxidation sites excluding steroid dienone is 1. The molecule has 0 saturated carbocycles. The van der Waals surface area contributed by atoms with Crippen LogP contribution in [0.2, 0.25) is 0 Å². The average Bonchev–Trinajstić information content (AvgIpc) is 2.22. The predicted molar refractivity (Wildman–Crippen MR) is 66.7 cm³/mol. The Labute approximate surface area is 104 Å². The number of hydrogen-bond donors (Lipinski definition) is 1. The van der Waals surface area contributed by atoms with Crippen LogP contribution in [0, 0.1) is 13.8 Å². The molecule has 1 heterocycles. The highest BCUT2D eigenvalue weighted by Crippen LogP contribution is 2.08. The molecule has 4 nitrogen and oxygen atoms in total. The van der Waals surface area contributed by atoms with E-state index in [9.17, 15) is 9.59 Å². The number of hydrogen-bond acceptors (Lipinski definition) is 2. The van der Waals surface area contributed by atoms with Crippen LogP contribution in [0.25, 0.3) is 0 Å². The molecule has 0 aliphatic rings. The van der Waals surface area contributed by atoms with Gasteiger partial charge in [-0.25, -0.2) is 4.79 Å². The molecule has 0 aromatic carbocycles. The van der Waals surface area contributed by atoms with Gasteiger partial charge in [0.2, 0.25) is 0 Å². The number of aryl methyl sites for hydroxylation is 2. The molecule has 0 aliphatic heterocycles. The molecule has 17 heavy (non-hydrogen) atoms. The Bertz CT molecular complexity index is 543. The fourth-order valence-corrected chi connectivity index (χ4v) is 1.74. The maximum atomic E-state index is 12.0. The zero-order valence-corrected chi connectivity index (χ0v) is 10.7. The van der Waals surface area contributed by atoms with Gasteiger partial charge >= 0.3 is 5.97 Å². The molecule has 1 aromatic heterocycles. The summed E-state index contributed by atoms with van der Waals surface area (Å²) >= 11 is 5.55. The maximum Gasteiger partial charge on any atom is 0.341 e. The van der Waals surface area contributed by atoms with Crippen LogP contribution in [0.4, 0.5) is 0 Å². The second kappa shape index (κ2) is 5.19. The standard InChI is InChI=1S/C12H14ClNO3/c1-7(5-13)6-14-9(3)4-8(2)10(11(14)15)12(16)17/h4-5H,6H2,1-3H3,(H,16,17). The van der Waals surface area contributed by atoms with E-state index < -0.39 is 11.5 Å². The summed E-state index contributed by atoms with van der Waals surface area (Å²) in [5, 5.41) is 9.00. The van der Waals surface area contributed by atoms with Crippen LogP contribution in [-0.2, 0) is 6.54 Å². The summed E-state index contributed by atoms with van der Waals surface area (Å²) in [5.41, 5.74) is 2.69. The first kappa shape index (κ1) is 13.5. The molecule has 0 spiro atoms. The van der Waals surface area contributed by atoms with Crippen LogP contribution in [0.5, 0.6) is 0 Å². The number of carboxylic acid groups (broad SMARTS) is 1. The Morgan fingerprint density at radius 3 is 2.59 bits per heavy atom. The lowest BCUT2D eigenvalue weighted by Gasteiger charge is -2.12. The van der Waals surface area contributed by atoms with Crippen LogP contribution >= 0.6 is 11.6 Å². The normalized spacial score (nSPS) is 11.6. The minimum Gasteiger partial charge on any atom is -0.477 e. The van der Waals surface area contributed by atoms with E-state index in [-0.39, 0.29) is 5.56 Å². The zero-order chi connectivity index (χ0) is 13.2. The summed E-state index contributed by atoms with van der Waals surface area (Å²) < 4.78 is 1.41. The Balaban J connectivity index is 3.47. The van der Waals surface area contributed by atoms with E-state index in [1.54, 1.807) is 26.8 Å². The average molecular weight is 256 g/mol. The van der Waals surface area contributed by atoms with Crippen molar-refractivity contribution in [2.45, 2.75) is 27.3 Å². The number of carboxylic acids is 1. The van der Waals surface area contributed by atoms with Crippen molar-refractivity contribution in [1.82, 2.24) is 4.57 Å². The van der Waals surface area contributed by atoms with Crippen LogP contribution in [0.15, 0.2) is 22.0 Å². The summed E-state index contributed by atoms with van der Waals surface area (Å²) in [6.07, 6.45) is 0. The zero-order valence-electron chi connectivity index (χ0n) is 9.95. The minimum absolute atomic E-state index is 0.182. The monoisotopic (exact) mass is 255 g/mol. The molecule has 0 unspecified atom stereocenters. The molecule has 92 valence electrons. The van der Waals surface area contributed by atoms with Crippen molar-refractivity contribution in [1.29, 1.82) is 0 Å². The van der Waals surface area contributed by atoms with E-state index in [4.69, 9.17) is 16.7 Å². The Kier molecular flexibility index (Phi) is 4.12. The van der Waals surface area contributed by atoms with Gasteiger partial charge in [0.05, 0.1) is 0 Å².